The van der Waals surface area contributed by atoms with Gasteiger partial charge in [-0.25, -0.2) is 0 Å². The number of nitrogens with zero attached hydrogens (tertiary/aromatic N) is 2. The molecule has 1 heterocycles. The molecule has 0 radical (unpaired) electrons. The summed E-state index contributed by atoms with van der Waals surface area (Å²) in [5, 5.41) is 6.62. The molecular weight excluding hydrogens is 314 g/mol. The van der Waals surface area contributed by atoms with Gasteiger partial charge >= 0.3 is 0 Å². The number of benzene rings is 1. The van der Waals surface area contributed by atoms with E-state index in [1.165, 1.54) is 0 Å². The molecule has 0 saturated heterocycles. The third-order valence-corrected chi connectivity index (χ3v) is 4.40. The van der Waals surface area contributed by atoms with Crippen molar-refractivity contribution in [3.8, 4) is 0 Å². The van der Waals surface area contributed by atoms with Gasteiger partial charge in [0.1, 0.15) is 5.75 Å². The van der Waals surface area contributed by atoms with E-state index in [0.29, 0.717) is 18.1 Å². The zero-order valence-corrected chi connectivity index (χ0v) is 14.1. The van der Waals surface area contributed by atoms with Crippen LogP contribution in [0.15, 0.2) is 34.9 Å². The Kier molecular flexibility index (Phi) is 6.46. The van der Waals surface area contributed by atoms with Gasteiger partial charge in [0, 0.05) is 17.2 Å². The first-order chi connectivity index (χ1) is 11.1. The summed E-state index contributed by atoms with van der Waals surface area (Å²) < 4.78 is 17.1. The van der Waals surface area contributed by atoms with Crippen LogP contribution in [0.4, 0.5) is 0 Å². The third kappa shape index (κ3) is 5.59. The van der Waals surface area contributed by atoms with Gasteiger partial charge in [0.15, 0.2) is 5.82 Å². The van der Waals surface area contributed by atoms with Crippen molar-refractivity contribution >= 4 is 16.7 Å². The molecule has 2 rings (SSSR count). The van der Waals surface area contributed by atoms with Crippen molar-refractivity contribution in [1.29, 1.82) is 0 Å². The summed E-state index contributed by atoms with van der Waals surface area (Å²) in [5.41, 5.74) is 1.01. The zero-order chi connectivity index (χ0) is 16.7. The van der Waals surface area contributed by atoms with Crippen molar-refractivity contribution in [1.82, 2.24) is 15.5 Å². The Morgan fingerprint density at radius 2 is 2.09 bits per heavy atom. The minimum atomic E-state index is -1.36. The first-order valence-electron chi connectivity index (χ1n) is 7.59. The van der Waals surface area contributed by atoms with Crippen LogP contribution >= 0.6 is 0 Å². The van der Waals surface area contributed by atoms with E-state index < -0.39 is 10.8 Å². The van der Waals surface area contributed by atoms with Crippen LogP contribution in [-0.4, -0.2) is 26.0 Å². The monoisotopic (exact) mass is 335 g/mol. The Labute approximate surface area is 138 Å². The van der Waals surface area contributed by atoms with Crippen molar-refractivity contribution in [2.75, 3.05) is 5.75 Å². The average molecular weight is 335 g/mol. The van der Waals surface area contributed by atoms with Gasteiger partial charge in [-0.1, -0.05) is 42.4 Å². The summed E-state index contributed by atoms with van der Waals surface area (Å²) in [6, 6.07) is 9.51. The maximum Gasteiger partial charge on any atom is 0.233 e. The Hall–Kier alpha value is -2.02. The molecule has 1 amide bonds. The van der Waals surface area contributed by atoms with E-state index in [-0.39, 0.29) is 23.5 Å². The topological polar surface area (TPSA) is 85.1 Å². The maximum absolute atomic E-state index is 12.0. The smallest absolute Gasteiger partial charge is 0.233 e. The average Bonchev–Trinajstić information content (AvgIpc) is 2.95. The fourth-order valence-electron chi connectivity index (χ4n) is 2.11. The highest BCUT2D eigenvalue weighted by molar-refractivity contribution is 7.84. The largest absolute Gasteiger partial charge is 0.349 e. The number of hydrogen-bond donors (Lipinski definition) is 1. The molecule has 0 unspecified atom stereocenters. The molecule has 1 aromatic heterocycles. The van der Waals surface area contributed by atoms with Crippen molar-refractivity contribution in [2.24, 2.45) is 0 Å². The second kappa shape index (κ2) is 8.57. The number of hydrogen-bond acceptors (Lipinski definition) is 5. The van der Waals surface area contributed by atoms with Crippen LogP contribution in [0.3, 0.4) is 0 Å². The maximum atomic E-state index is 12.0. The van der Waals surface area contributed by atoms with Gasteiger partial charge < -0.3 is 9.84 Å². The molecule has 1 N–H and O–H groups in total. The molecule has 6 nitrogen and oxygen atoms in total. The lowest BCUT2D eigenvalue weighted by Gasteiger charge is -2.13. The fraction of sp³-hybridized carbons (Fsp3) is 0.438. The molecule has 0 aliphatic heterocycles. The molecule has 0 spiro atoms. The van der Waals surface area contributed by atoms with Crippen LogP contribution in [-0.2, 0) is 27.8 Å². The van der Waals surface area contributed by atoms with Gasteiger partial charge in [-0.2, -0.15) is 4.98 Å². The number of amides is 1. The van der Waals surface area contributed by atoms with E-state index in [9.17, 15) is 9.00 Å². The van der Waals surface area contributed by atoms with Crippen LogP contribution in [0.25, 0.3) is 0 Å². The fourth-order valence-corrected chi connectivity index (χ4v) is 3.00. The van der Waals surface area contributed by atoms with Crippen molar-refractivity contribution < 1.29 is 13.5 Å². The molecular formula is C16H21N3O3S. The van der Waals surface area contributed by atoms with E-state index in [1.807, 2.05) is 44.2 Å². The molecule has 23 heavy (non-hydrogen) atoms. The van der Waals surface area contributed by atoms with E-state index >= 15 is 0 Å². The first kappa shape index (κ1) is 17.3. The summed E-state index contributed by atoms with van der Waals surface area (Å²) in [6.45, 7) is 3.91. The van der Waals surface area contributed by atoms with Gasteiger partial charge in [0.05, 0.1) is 11.8 Å². The molecule has 0 saturated carbocycles. The van der Waals surface area contributed by atoms with Gasteiger partial charge in [-0.05, 0) is 18.9 Å². The standard InChI is InChI=1S/C16H21N3O3S/c1-3-7-16-18-14(19-22-16)10-23(21)11-15(20)17-12(2)13-8-5-4-6-9-13/h4-6,8-9,12H,3,7,10-11H2,1-2H3,(H,17,20)/t12-,23-/m0/s1. The van der Waals surface area contributed by atoms with Gasteiger partial charge in [-0.3, -0.25) is 9.00 Å². The van der Waals surface area contributed by atoms with Crippen LogP contribution in [0.2, 0.25) is 0 Å². The molecule has 2 atom stereocenters. The first-order valence-corrected chi connectivity index (χ1v) is 9.08. The summed E-state index contributed by atoms with van der Waals surface area (Å²) >= 11 is 0. The lowest BCUT2D eigenvalue weighted by atomic mass is 10.1. The van der Waals surface area contributed by atoms with Crippen molar-refractivity contribution in [2.45, 2.75) is 38.5 Å². The molecule has 1 aromatic carbocycles. The highest BCUT2D eigenvalue weighted by Crippen LogP contribution is 2.11. The van der Waals surface area contributed by atoms with Crippen LogP contribution < -0.4 is 5.32 Å². The van der Waals surface area contributed by atoms with Crippen molar-refractivity contribution in [3.05, 3.63) is 47.6 Å². The van der Waals surface area contributed by atoms with Gasteiger partial charge in [0.2, 0.25) is 11.8 Å². The van der Waals surface area contributed by atoms with Crippen LogP contribution in [0, 0.1) is 0 Å². The number of aromatic nitrogens is 2. The molecule has 7 heteroatoms. The van der Waals surface area contributed by atoms with E-state index in [0.717, 1.165) is 12.0 Å². The Morgan fingerprint density at radius 1 is 1.35 bits per heavy atom. The highest BCUT2D eigenvalue weighted by Gasteiger charge is 2.15. The molecule has 0 aliphatic rings. The third-order valence-electron chi connectivity index (χ3n) is 3.23. The van der Waals surface area contributed by atoms with Gasteiger partial charge in [-0.15, -0.1) is 0 Å². The van der Waals surface area contributed by atoms with Crippen LogP contribution in [0.1, 0.15) is 43.6 Å². The summed E-state index contributed by atoms with van der Waals surface area (Å²) in [6.07, 6.45) is 1.61. The summed E-state index contributed by atoms with van der Waals surface area (Å²) in [4.78, 5) is 16.1. The molecule has 0 bridgehead atoms. The molecule has 0 fully saturated rings. The molecule has 124 valence electrons. The van der Waals surface area contributed by atoms with E-state index in [1.54, 1.807) is 0 Å². The quantitative estimate of drug-likeness (QED) is 0.799. The zero-order valence-electron chi connectivity index (χ0n) is 13.3. The summed E-state index contributed by atoms with van der Waals surface area (Å²) in [7, 11) is -1.36. The number of aryl methyl sites for hydroxylation is 1. The predicted octanol–water partition coefficient (Wildman–Crippen LogP) is 2.15. The van der Waals surface area contributed by atoms with Crippen molar-refractivity contribution in [3.63, 3.8) is 0 Å². The second-order valence-electron chi connectivity index (χ2n) is 5.28. The lowest BCUT2D eigenvalue weighted by molar-refractivity contribution is -0.119. The Balaban J connectivity index is 1.81. The number of nitrogens with one attached hydrogen (secondary N) is 1. The summed E-state index contributed by atoms with van der Waals surface area (Å²) in [5.74, 6) is 0.726. The number of carbonyl (C=O) groups excluding carboxylic acids is 1. The second-order valence-corrected chi connectivity index (χ2v) is 6.74. The minimum absolute atomic E-state index is 0.0746. The number of carbonyl (C=O) groups is 1. The predicted molar refractivity (Wildman–Crippen MR) is 88.0 cm³/mol. The molecule has 2 aromatic rings. The van der Waals surface area contributed by atoms with Gasteiger partial charge in [0.25, 0.3) is 0 Å². The highest BCUT2D eigenvalue weighted by atomic mass is 32.2. The van der Waals surface area contributed by atoms with Crippen LogP contribution in [0.5, 0.6) is 0 Å². The Bertz CT molecular complexity index is 658. The minimum Gasteiger partial charge on any atom is -0.349 e. The Morgan fingerprint density at radius 3 is 2.78 bits per heavy atom. The van der Waals surface area contributed by atoms with E-state index in [2.05, 4.69) is 15.5 Å². The SMILES string of the molecule is CCCc1nc(C[S@](=O)CC(=O)N[C@@H](C)c2ccccc2)no1. The lowest BCUT2D eigenvalue weighted by Crippen LogP contribution is -2.31. The van der Waals surface area contributed by atoms with E-state index in [4.69, 9.17) is 4.52 Å². The molecule has 0 aliphatic carbocycles. The normalized spacial score (nSPS) is 13.5. The number of rotatable bonds is 8.